The van der Waals surface area contributed by atoms with E-state index in [2.05, 4.69) is 9.80 Å². The van der Waals surface area contributed by atoms with Crippen molar-refractivity contribution in [2.24, 2.45) is 0 Å². The van der Waals surface area contributed by atoms with Crippen LogP contribution in [0.25, 0.3) is 0 Å². The number of hydrogen-bond donors (Lipinski definition) is 0. The van der Waals surface area contributed by atoms with Crippen LogP contribution in [0.1, 0.15) is 24.8 Å². The molecule has 2 aromatic rings. The van der Waals surface area contributed by atoms with Crippen LogP contribution in [0, 0.1) is 0 Å². The second kappa shape index (κ2) is 12.2. The van der Waals surface area contributed by atoms with Crippen molar-refractivity contribution in [1.82, 2.24) is 4.90 Å². The van der Waals surface area contributed by atoms with Crippen LogP contribution in [0.2, 0.25) is 10.0 Å². The summed E-state index contributed by atoms with van der Waals surface area (Å²) >= 11 is 18.0. The summed E-state index contributed by atoms with van der Waals surface area (Å²) in [6.07, 6.45) is 1.98. The highest BCUT2D eigenvalue weighted by Gasteiger charge is 2.31. The molecule has 0 aromatic heterocycles. The SMILES string of the molecule is O=C1CCc2ccc(OCCCCN3CCN(c4cccc(Cl)c4Cl)CC3)cc2N1C(=O)OCCl. The molecule has 0 radical (unpaired) electrons. The van der Waals surface area contributed by atoms with Gasteiger partial charge in [-0.05, 0) is 49.6 Å². The molecule has 0 bridgehead atoms. The molecule has 2 aliphatic rings. The van der Waals surface area contributed by atoms with Crippen molar-refractivity contribution in [2.45, 2.75) is 25.7 Å². The maximum atomic E-state index is 12.3. The highest BCUT2D eigenvalue weighted by molar-refractivity contribution is 6.43. The van der Waals surface area contributed by atoms with Gasteiger partial charge in [0.1, 0.15) is 5.75 Å². The summed E-state index contributed by atoms with van der Waals surface area (Å²) in [5, 5.41) is 1.20. The van der Waals surface area contributed by atoms with E-state index in [4.69, 9.17) is 44.3 Å². The number of halogens is 3. The van der Waals surface area contributed by atoms with Gasteiger partial charge in [0.05, 0.1) is 28.0 Å². The smallest absolute Gasteiger partial charge is 0.422 e. The third-order valence-electron chi connectivity index (χ3n) is 6.30. The number of benzene rings is 2. The molecular formula is C25H28Cl3N3O4. The third-order valence-corrected chi connectivity index (χ3v) is 7.22. The van der Waals surface area contributed by atoms with Crippen molar-refractivity contribution in [3.63, 3.8) is 0 Å². The van der Waals surface area contributed by atoms with Crippen LogP contribution < -0.4 is 14.5 Å². The second-order valence-corrected chi connectivity index (χ2v) is 9.50. The minimum absolute atomic E-state index is 0.255. The van der Waals surface area contributed by atoms with Crippen LogP contribution in [0.5, 0.6) is 5.75 Å². The number of nitrogens with zero attached hydrogens (tertiary/aromatic N) is 3. The molecule has 0 atom stereocenters. The molecule has 0 N–H and O–H groups in total. The van der Waals surface area contributed by atoms with Crippen molar-refractivity contribution in [1.29, 1.82) is 0 Å². The van der Waals surface area contributed by atoms with E-state index >= 15 is 0 Å². The lowest BCUT2D eigenvalue weighted by Gasteiger charge is -2.36. The van der Waals surface area contributed by atoms with E-state index in [0.717, 1.165) is 61.7 Å². The molecule has 4 rings (SSSR count). The summed E-state index contributed by atoms with van der Waals surface area (Å²) in [7, 11) is 0. The highest BCUT2D eigenvalue weighted by Crippen LogP contribution is 2.33. The molecule has 10 heteroatoms. The van der Waals surface area contributed by atoms with Crippen molar-refractivity contribution in [3.05, 3.63) is 52.0 Å². The molecule has 2 aromatic carbocycles. The fraction of sp³-hybridized carbons (Fsp3) is 0.440. The zero-order chi connectivity index (χ0) is 24.8. The summed E-state index contributed by atoms with van der Waals surface area (Å²) in [6.45, 7) is 5.31. The van der Waals surface area contributed by atoms with Crippen LogP contribution in [0.4, 0.5) is 16.2 Å². The van der Waals surface area contributed by atoms with Gasteiger partial charge in [0, 0.05) is 38.7 Å². The number of piperazine rings is 1. The molecule has 2 amide bonds. The van der Waals surface area contributed by atoms with E-state index in [9.17, 15) is 9.59 Å². The maximum Gasteiger partial charge on any atom is 0.422 e. The van der Waals surface area contributed by atoms with Gasteiger partial charge in [-0.25, -0.2) is 9.69 Å². The number of imide groups is 1. The third kappa shape index (κ3) is 6.33. The topological polar surface area (TPSA) is 62.3 Å². The molecule has 0 unspecified atom stereocenters. The number of anilines is 2. The zero-order valence-corrected chi connectivity index (χ0v) is 21.6. The van der Waals surface area contributed by atoms with Gasteiger partial charge in [0.15, 0.2) is 6.07 Å². The number of fused-ring (bicyclic) bond motifs is 1. The highest BCUT2D eigenvalue weighted by atomic mass is 35.5. The molecule has 1 fully saturated rings. The summed E-state index contributed by atoms with van der Waals surface area (Å²) in [5.74, 6) is 0.316. The zero-order valence-electron chi connectivity index (χ0n) is 19.4. The first-order chi connectivity index (χ1) is 17.0. The van der Waals surface area contributed by atoms with Gasteiger partial charge in [-0.3, -0.25) is 9.69 Å². The predicted molar refractivity (Wildman–Crippen MR) is 139 cm³/mol. The molecule has 35 heavy (non-hydrogen) atoms. The number of rotatable bonds is 8. The van der Waals surface area contributed by atoms with E-state index in [1.54, 1.807) is 12.1 Å². The Morgan fingerprint density at radius 3 is 2.54 bits per heavy atom. The molecule has 0 aliphatic carbocycles. The Balaban J connectivity index is 1.21. The summed E-state index contributed by atoms with van der Waals surface area (Å²) in [6, 6.07) is 10.9. The Kier molecular flexibility index (Phi) is 9.00. The number of carbonyl (C=O) groups excluding carboxylic acids is 2. The van der Waals surface area contributed by atoms with Crippen molar-refractivity contribution < 1.29 is 19.1 Å². The summed E-state index contributed by atoms with van der Waals surface area (Å²) in [4.78, 5) is 30.3. The van der Waals surface area contributed by atoms with Gasteiger partial charge in [0.25, 0.3) is 0 Å². The van der Waals surface area contributed by atoms with Gasteiger partial charge in [0.2, 0.25) is 5.91 Å². The minimum atomic E-state index is -0.763. The van der Waals surface area contributed by atoms with E-state index in [-0.39, 0.29) is 18.4 Å². The molecule has 188 valence electrons. The molecule has 7 nitrogen and oxygen atoms in total. The Labute approximate surface area is 220 Å². The Morgan fingerprint density at radius 2 is 1.77 bits per heavy atom. The molecule has 0 spiro atoms. The first-order valence-electron chi connectivity index (χ1n) is 11.7. The monoisotopic (exact) mass is 539 g/mol. The van der Waals surface area contributed by atoms with Gasteiger partial charge in [-0.1, -0.05) is 46.9 Å². The molecular weight excluding hydrogens is 513 g/mol. The van der Waals surface area contributed by atoms with E-state index in [1.807, 2.05) is 24.3 Å². The second-order valence-electron chi connectivity index (χ2n) is 8.50. The number of ether oxygens (including phenoxy) is 2. The quantitative estimate of drug-likeness (QED) is 0.321. The molecule has 0 saturated carbocycles. The van der Waals surface area contributed by atoms with Crippen molar-refractivity contribution >= 4 is 58.2 Å². The Bertz CT molecular complexity index is 1060. The van der Waals surface area contributed by atoms with Gasteiger partial charge in [-0.15, -0.1) is 0 Å². The van der Waals surface area contributed by atoms with Crippen LogP contribution in [-0.2, 0) is 16.0 Å². The number of aryl methyl sites for hydroxylation is 1. The summed E-state index contributed by atoms with van der Waals surface area (Å²) < 4.78 is 10.7. The van der Waals surface area contributed by atoms with Gasteiger partial charge < -0.3 is 14.4 Å². The maximum absolute atomic E-state index is 12.3. The van der Waals surface area contributed by atoms with Crippen LogP contribution in [0.3, 0.4) is 0 Å². The lowest BCUT2D eigenvalue weighted by molar-refractivity contribution is -0.118. The predicted octanol–water partition coefficient (Wildman–Crippen LogP) is 5.59. The fourth-order valence-corrected chi connectivity index (χ4v) is 4.94. The molecule has 1 saturated heterocycles. The average molecular weight is 541 g/mol. The fourth-order valence-electron chi connectivity index (χ4n) is 4.43. The minimum Gasteiger partial charge on any atom is -0.494 e. The average Bonchev–Trinajstić information content (AvgIpc) is 2.86. The van der Waals surface area contributed by atoms with Crippen LogP contribution in [0.15, 0.2) is 36.4 Å². The van der Waals surface area contributed by atoms with E-state index in [1.165, 1.54) is 0 Å². The largest absolute Gasteiger partial charge is 0.494 e. The Morgan fingerprint density at radius 1 is 0.971 bits per heavy atom. The lowest BCUT2D eigenvalue weighted by atomic mass is 10.0. The van der Waals surface area contributed by atoms with Crippen molar-refractivity contribution in [3.8, 4) is 5.75 Å². The lowest BCUT2D eigenvalue weighted by Crippen LogP contribution is -2.46. The molecule has 2 aliphatic heterocycles. The van der Waals surface area contributed by atoms with E-state index in [0.29, 0.717) is 34.5 Å². The number of amides is 2. The summed E-state index contributed by atoms with van der Waals surface area (Å²) in [5.41, 5.74) is 2.40. The van der Waals surface area contributed by atoms with Crippen LogP contribution in [-0.4, -0.2) is 62.3 Å². The van der Waals surface area contributed by atoms with E-state index < -0.39 is 6.09 Å². The van der Waals surface area contributed by atoms with Gasteiger partial charge in [-0.2, -0.15) is 0 Å². The number of carbonyl (C=O) groups is 2. The number of alkyl halides is 1. The first-order valence-corrected chi connectivity index (χ1v) is 13.0. The standard InChI is InChI=1S/C25H28Cl3N3O4/c26-17-35-25(33)31-22-16-19(8-6-18(22)7-9-23(31)32)34-15-2-1-10-29-11-13-30(14-12-29)21-5-3-4-20(27)24(21)28/h3-6,8,16H,1-2,7,9-15,17H2. The normalized spacial score (nSPS) is 16.3. The van der Waals surface area contributed by atoms with Crippen molar-refractivity contribution in [2.75, 3.05) is 55.2 Å². The molecule has 2 heterocycles. The number of hydrogen-bond acceptors (Lipinski definition) is 6. The number of unbranched alkanes of at least 4 members (excludes halogenated alkanes) is 1. The first kappa shape index (κ1) is 25.9. The van der Waals surface area contributed by atoms with Crippen LogP contribution >= 0.6 is 34.8 Å². The Hall–Kier alpha value is -2.19. The van der Waals surface area contributed by atoms with Gasteiger partial charge >= 0.3 is 6.09 Å².